The van der Waals surface area contributed by atoms with Gasteiger partial charge in [0.25, 0.3) is 11.8 Å². The van der Waals surface area contributed by atoms with Gasteiger partial charge in [-0.3, -0.25) is 14.8 Å². The van der Waals surface area contributed by atoms with E-state index in [0.29, 0.717) is 22.3 Å². The number of imide groups is 1. The van der Waals surface area contributed by atoms with E-state index >= 15 is 0 Å². The Labute approximate surface area is 159 Å². The lowest BCUT2D eigenvalue weighted by Gasteiger charge is -2.27. The molecule has 0 spiro atoms. The van der Waals surface area contributed by atoms with E-state index in [1.807, 2.05) is 4.90 Å². The van der Waals surface area contributed by atoms with Crippen molar-refractivity contribution in [2.24, 2.45) is 5.73 Å². The molecule has 2 aliphatic rings. The van der Waals surface area contributed by atoms with Crippen molar-refractivity contribution < 1.29 is 14.8 Å². The SMILES string of the molecule is Cl.N[C@H]1CCN(c2cc(Cl)c3c4c(ccc(Cl)c24)C(=O)N(O)C3=O)C1. The number of carbonyl (C=O) groups excluding carboxylic acids is 2. The number of nitrogens with zero attached hydrogens (tertiary/aromatic N) is 2. The minimum absolute atomic E-state index is 0. The Morgan fingerprint density at radius 3 is 2.48 bits per heavy atom. The molecule has 6 nitrogen and oxygen atoms in total. The largest absolute Gasteiger partial charge is 0.369 e. The highest BCUT2D eigenvalue weighted by atomic mass is 35.5. The van der Waals surface area contributed by atoms with Gasteiger partial charge in [-0.15, -0.1) is 17.5 Å². The van der Waals surface area contributed by atoms with Gasteiger partial charge in [-0.2, -0.15) is 0 Å². The maximum atomic E-state index is 12.3. The number of halogens is 3. The van der Waals surface area contributed by atoms with Crippen LogP contribution >= 0.6 is 35.6 Å². The third kappa shape index (κ3) is 2.56. The van der Waals surface area contributed by atoms with Gasteiger partial charge >= 0.3 is 0 Å². The van der Waals surface area contributed by atoms with Gasteiger partial charge in [-0.25, -0.2) is 0 Å². The summed E-state index contributed by atoms with van der Waals surface area (Å²) in [6.45, 7) is 1.37. The van der Waals surface area contributed by atoms with Crippen LogP contribution in [0.15, 0.2) is 18.2 Å². The molecule has 1 fully saturated rings. The Kier molecular flexibility index (Phi) is 4.59. The molecule has 0 aromatic heterocycles. The highest BCUT2D eigenvalue weighted by Gasteiger charge is 2.36. The number of carbonyl (C=O) groups is 2. The van der Waals surface area contributed by atoms with E-state index in [2.05, 4.69) is 0 Å². The standard InChI is InChI=1S/C16H13Cl2N3O3.ClH/c17-9-2-1-8-12-13(9)11(20-4-3-7(19)6-20)5-10(18)14(12)16(23)21(24)15(8)22;/h1-2,5,7,24H,3-4,6,19H2;1H/t7-;/m0./s1. The first-order valence-corrected chi connectivity index (χ1v) is 8.18. The molecule has 0 bridgehead atoms. The van der Waals surface area contributed by atoms with Crippen molar-refractivity contribution in [3.05, 3.63) is 39.4 Å². The number of hydrogen-bond acceptors (Lipinski definition) is 5. The van der Waals surface area contributed by atoms with Gasteiger partial charge in [0.2, 0.25) is 0 Å². The molecule has 0 unspecified atom stereocenters. The molecule has 0 saturated carbocycles. The fourth-order valence-electron chi connectivity index (χ4n) is 3.43. The summed E-state index contributed by atoms with van der Waals surface area (Å²) in [6, 6.07) is 4.76. The van der Waals surface area contributed by atoms with Crippen molar-refractivity contribution in [3.8, 4) is 0 Å². The van der Waals surface area contributed by atoms with Crippen LogP contribution in [0, 0.1) is 0 Å². The van der Waals surface area contributed by atoms with Crippen molar-refractivity contribution in [3.63, 3.8) is 0 Å². The third-order valence-electron chi connectivity index (χ3n) is 4.56. The number of hydroxylamine groups is 2. The van der Waals surface area contributed by atoms with Gasteiger partial charge in [-0.1, -0.05) is 23.2 Å². The van der Waals surface area contributed by atoms with E-state index in [1.54, 1.807) is 12.1 Å². The Balaban J connectivity index is 0.00000182. The minimum Gasteiger partial charge on any atom is -0.369 e. The number of amides is 2. The molecule has 2 aromatic carbocycles. The summed E-state index contributed by atoms with van der Waals surface area (Å²) in [6.07, 6.45) is 0.834. The fourth-order valence-corrected chi connectivity index (χ4v) is 3.96. The summed E-state index contributed by atoms with van der Waals surface area (Å²) < 4.78 is 0. The molecule has 132 valence electrons. The smallest absolute Gasteiger partial charge is 0.287 e. The van der Waals surface area contributed by atoms with Gasteiger partial charge in [0, 0.05) is 35.6 Å². The molecule has 2 amide bonds. The zero-order valence-corrected chi connectivity index (χ0v) is 15.2. The Morgan fingerprint density at radius 1 is 1.12 bits per heavy atom. The monoisotopic (exact) mass is 401 g/mol. The summed E-state index contributed by atoms with van der Waals surface area (Å²) in [7, 11) is 0. The zero-order chi connectivity index (χ0) is 17.2. The van der Waals surface area contributed by atoms with Crippen molar-refractivity contribution in [1.82, 2.24) is 5.06 Å². The summed E-state index contributed by atoms with van der Waals surface area (Å²) >= 11 is 12.7. The summed E-state index contributed by atoms with van der Waals surface area (Å²) in [5, 5.41) is 11.4. The Hall–Kier alpha value is -1.57. The number of rotatable bonds is 1. The molecule has 25 heavy (non-hydrogen) atoms. The van der Waals surface area contributed by atoms with Crippen molar-refractivity contribution >= 4 is 63.9 Å². The molecule has 1 saturated heterocycles. The summed E-state index contributed by atoms with van der Waals surface area (Å²) in [5.41, 5.74) is 7.00. The Morgan fingerprint density at radius 2 is 1.84 bits per heavy atom. The molecule has 2 aliphatic heterocycles. The first-order valence-electron chi connectivity index (χ1n) is 7.43. The predicted octanol–water partition coefficient (Wildman–Crippen LogP) is 3.09. The number of nitrogens with two attached hydrogens (primary N) is 1. The molecule has 0 aliphatic carbocycles. The van der Waals surface area contributed by atoms with Crippen LogP contribution in [0.25, 0.3) is 10.8 Å². The molecule has 1 atom stereocenters. The van der Waals surface area contributed by atoms with Gasteiger partial charge in [0.1, 0.15) is 0 Å². The van der Waals surface area contributed by atoms with E-state index in [1.165, 1.54) is 6.07 Å². The topological polar surface area (TPSA) is 86.9 Å². The third-order valence-corrected chi connectivity index (χ3v) is 5.17. The van der Waals surface area contributed by atoms with E-state index in [-0.39, 0.29) is 39.7 Å². The molecule has 9 heteroatoms. The van der Waals surface area contributed by atoms with Crippen LogP contribution < -0.4 is 10.6 Å². The van der Waals surface area contributed by atoms with E-state index in [4.69, 9.17) is 28.9 Å². The lowest BCUT2D eigenvalue weighted by molar-refractivity contribution is -0.0377. The summed E-state index contributed by atoms with van der Waals surface area (Å²) in [5.74, 6) is -1.64. The maximum absolute atomic E-state index is 12.3. The lowest BCUT2D eigenvalue weighted by atomic mass is 9.93. The molecule has 0 radical (unpaired) electrons. The van der Waals surface area contributed by atoms with Gasteiger partial charge < -0.3 is 10.6 Å². The lowest BCUT2D eigenvalue weighted by Crippen LogP contribution is -2.38. The number of anilines is 1. The van der Waals surface area contributed by atoms with Crippen LogP contribution in [0.3, 0.4) is 0 Å². The van der Waals surface area contributed by atoms with Crippen molar-refractivity contribution in [1.29, 1.82) is 0 Å². The van der Waals surface area contributed by atoms with Crippen LogP contribution in [-0.2, 0) is 0 Å². The average Bonchev–Trinajstić information content (AvgIpc) is 2.98. The van der Waals surface area contributed by atoms with Gasteiger partial charge in [0.05, 0.1) is 21.2 Å². The van der Waals surface area contributed by atoms with Crippen molar-refractivity contribution in [2.75, 3.05) is 18.0 Å². The second-order valence-electron chi connectivity index (χ2n) is 6.01. The highest BCUT2D eigenvalue weighted by molar-refractivity contribution is 6.43. The molecule has 4 rings (SSSR count). The van der Waals surface area contributed by atoms with Gasteiger partial charge in [-0.05, 0) is 24.6 Å². The van der Waals surface area contributed by atoms with Crippen molar-refractivity contribution in [2.45, 2.75) is 12.5 Å². The quantitative estimate of drug-likeness (QED) is 0.565. The number of benzene rings is 2. The number of hydrogen-bond donors (Lipinski definition) is 2. The van der Waals surface area contributed by atoms with E-state index in [9.17, 15) is 14.8 Å². The Bertz CT molecular complexity index is 919. The van der Waals surface area contributed by atoms with Gasteiger partial charge in [0.15, 0.2) is 0 Å². The van der Waals surface area contributed by atoms with Crippen LogP contribution in [0.1, 0.15) is 27.1 Å². The van der Waals surface area contributed by atoms with E-state index in [0.717, 1.165) is 18.7 Å². The van der Waals surface area contributed by atoms with E-state index < -0.39 is 11.8 Å². The molecular weight excluding hydrogens is 389 g/mol. The second kappa shape index (κ2) is 6.30. The van der Waals surface area contributed by atoms with Crippen LogP contribution in [0.4, 0.5) is 5.69 Å². The minimum atomic E-state index is -0.852. The molecule has 2 aromatic rings. The van der Waals surface area contributed by atoms with Crippen LogP contribution in [0.2, 0.25) is 10.0 Å². The predicted molar refractivity (Wildman–Crippen MR) is 98.3 cm³/mol. The first-order chi connectivity index (χ1) is 11.4. The molecule has 3 N–H and O–H groups in total. The van der Waals surface area contributed by atoms with Crippen LogP contribution in [-0.4, -0.2) is 41.2 Å². The van der Waals surface area contributed by atoms with Crippen LogP contribution in [0.5, 0.6) is 0 Å². The zero-order valence-electron chi connectivity index (χ0n) is 12.8. The average molecular weight is 403 g/mol. The second-order valence-corrected chi connectivity index (χ2v) is 6.83. The normalized spacial score (nSPS) is 19.6. The summed E-state index contributed by atoms with van der Waals surface area (Å²) in [4.78, 5) is 26.6. The molecular formula is C16H14Cl3N3O3. The molecule has 2 heterocycles. The fraction of sp³-hybridized carbons (Fsp3) is 0.250. The maximum Gasteiger partial charge on any atom is 0.287 e. The first kappa shape index (κ1) is 18.2. The highest BCUT2D eigenvalue weighted by Crippen LogP contribution is 2.43.